The molecule has 3 aromatic rings. The normalized spacial score (nSPS) is 12.3. The van der Waals surface area contributed by atoms with E-state index in [0.717, 1.165) is 6.07 Å². The first kappa shape index (κ1) is 25.1. The third-order valence-electron chi connectivity index (χ3n) is 4.80. The van der Waals surface area contributed by atoms with Gasteiger partial charge in [-0.25, -0.2) is 19.2 Å². The number of hydrogen-bond acceptors (Lipinski definition) is 10. The Morgan fingerprint density at radius 1 is 1.31 bits per heavy atom. The largest absolute Gasteiger partial charge is 0.479 e. The lowest BCUT2D eigenvalue weighted by atomic mass is 10.1. The number of anilines is 3. The molecule has 0 bridgehead atoms. The molecule has 0 spiro atoms. The van der Waals surface area contributed by atoms with Crippen molar-refractivity contribution >= 4 is 23.4 Å². The summed E-state index contributed by atoms with van der Waals surface area (Å²) < 4.78 is 25.4. The Hall–Kier alpha value is -4.51. The maximum Gasteiger partial charge on any atom is 0.404 e. The third kappa shape index (κ3) is 6.30. The molecule has 0 aliphatic rings. The van der Waals surface area contributed by atoms with Crippen molar-refractivity contribution in [3.05, 3.63) is 42.1 Å². The van der Waals surface area contributed by atoms with Crippen LogP contribution in [0.5, 0.6) is 5.88 Å². The second-order valence-electron chi connectivity index (χ2n) is 7.17. The van der Waals surface area contributed by atoms with E-state index in [1.807, 2.05) is 6.07 Å². The molecular formula is C21H24FN9O4. The van der Waals surface area contributed by atoms with Crippen LogP contribution in [0.25, 0.3) is 5.69 Å². The first-order valence-electron chi connectivity index (χ1n) is 10.5. The number of nitrogens with one attached hydrogen (secondary N) is 3. The fraction of sp³-hybridized carbons (Fsp3) is 0.333. The summed E-state index contributed by atoms with van der Waals surface area (Å²) in [5, 5.41) is 34.8. The van der Waals surface area contributed by atoms with Crippen molar-refractivity contribution in [1.29, 1.82) is 5.26 Å². The highest BCUT2D eigenvalue weighted by molar-refractivity contribution is 5.67. The Kier molecular flexibility index (Phi) is 8.30. The molecule has 3 heterocycles. The van der Waals surface area contributed by atoms with Gasteiger partial charge in [-0.2, -0.15) is 15.5 Å². The molecule has 0 fully saturated rings. The van der Waals surface area contributed by atoms with Crippen LogP contribution in [0.2, 0.25) is 0 Å². The van der Waals surface area contributed by atoms with Gasteiger partial charge < -0.3 is 30.5 Å². The first-order valence-corrected chi connectivity index (χ1v) is 10.5. The minimum Gasteiger partial charge on any atom is -0.479 e. The highest BCUT2D eigenvalue weighted by Gasteiger charge is 2.22. The number of carbonyl (C=O) groups is 1. The van der Waals surface area contributed by atoms with Crippen LogP contribution in [0.4, 0.5) is 26.5 Å². The highest BCUT2D eigenvalue weighted by Crippen LogP contribution is 2.27. The topological polar surface area (TPSA) is 172 Å². The lowest BCUT2D eigenvalue weighted by Gasteiger charge is -2.26. The number of halogens is 1. The fourth-order valence-corrected chi connectivity index (χ4v) is 3.08. The Bertz CT molecular complexity index is 1200. The molecule has 0 aromatic carbocycles. The number of methoxy groups -OCH3 is 1. The average Bonchev–Trinajstić information content (AvgIpc) is 3.37. The minimum absolute atomic E-state index is 0.0525. The summed E-state index contributed by atoms with van der Waals surface area (Å²) in [6.45, 7) is 3.86. The molecule has 0 saturated carbocycles. The van der Waals surface area contributed by atoms with Crippen molar-refractivity contribution in [3.8, 4) is 17.6 Å². The summed E-state index contributed by atoms with van der Waals surface area (Å²) in [7, 11) is 1.45. The zero-order valence-corrected chi connectivity index (χ0v) is 19.2. The SMILES string of the molecule is CCOC[C@@H](Nc1nc(Nc2cnc(OC)c(-n3nccn3)c2)c(C#N)cc1F)[C@H](C)NC(=O)O. The van der Waals surface area contributed by atoms with Gasteiger partial charge in [0.25, 0.3) is 0 Å². The van der Waals surface area contributed by atoms with Gasteiger partial charge in [-0.3, -0.25) is 0 Å². The summed E-state index contributed by atoms with van der Waals surface area (Å²) in [5.41, 5.74) is 0.777. The average molecular weight is 485 g/mol. The molecule has 13 nitrogen and oxygen atoms in total. The molecule has 1 amide bonds. The summed E-state index contributed by atoms with van der Waals surface area (Å²) in [6.07, 6.45) is 3.20. The van der Waals surface area contributed by atoms with Gasteiger partial charge in [0, 0.05) is 6.61 Å². The van der Waals surface area contributed by atoms with Gasteiger partial charge in [0.15, 0.2) is 17.5 Å². The molecule has 14 heteroatoms. The monoisotopic (exact) mass is 485 g/mol. The second-order valence-corrected chi connectivity index (χ2v) is 7.17. The molecular weight excluding hydrogens is 461 g/mol. The molecule has 0 saturated heterocycles. The zero-order chi connectivity index (χ0) is 25.4. The number of nitriles is 1. The number of amides is 1. The van der Waals surface area contributed by atoms with Crippen LogP contribution >= 0.6 is 0 Å². The van der Waals surface area contributed by atoms with Crippen molar-refractivity contribution in [1.82, 2.24) is 30.3 Å². The number of hydrogen-bond donors (Lipinski definition) is 4. The molecule has 0 radical (unpaired) electrons. The van der Waals surface area contributed by atoms with E-state index in [1.54, 1.807) is 19.9 Å². The Morgan fingerprint density at radius 2 is 2.06 bits per heavy atom. The number of pyridine rings is 2. The predicted molar refractivity (Wildman–Crippen MR) is 122 cm³/mol. The summed E-state index contributed by atoms with van der Waals surface area (Å²) in [6, 6.07) is 3.27. The van der Waals surface area contributed by atoms with E-state index >= 15 is 0 Å². The van der Waals surface area contributed by atoms with Gasteiger partial charge in [-0.1, -0.05) is 0 Å². The molecule has 35 heavy (non-hydrogen) atoms. The van der Waals surface area contributed by atoms with E-state index in [1.165, 1.54) is 30.5 Å². The van der Waals surface area contributed by atoms with Crippen LogP contribution in [0.15, 0.2) is 30.7 Å². The van der Waals surface area contributed by atoms with Crippen molar-refractivity contribution in [3.63, 3.8) is 0 Å². The van der Waals surface area contributed by atoms with Crippen molar-refractivity contribution < 1.29 is 23.8 Å². The van der Waals surface area contributed by atoms with Crippen LogP contribution in [-0.4, -0.2) is 68.6 Å². The van der Waals surface area contributed by atoms with E-state index < -0.39 is 24.0 Å². The lowest BCUT2D eigenvalue weighted by molar-refractivity contribution is 0.127. The van der Waals surface area contributed by atoms with Gasteiger partial charge >= 0.3 is 6.09 Å². The van der Waals surface area contributed by atoms with Crippen molar-refractivity contribution in [2.75, 3.05) is 31.0 Å². The number of nitrogens with zero attached hydrogens (tertiary/aromatic N) is 6. The van der Waals surface area contributed by atoms with E-state index in [9.17, 15) is 14.4 Å². The van der Waals surface area contributed by atoms with Gasteiger partial charge in [0.1, 0.15) is 11.8 Å². The lowest BCUT2D eigenvalue weighted by Crippen LogP contribution is -2.47. The quantitative estimate of drug-likeness (QED) is 0.314. The summed E-state index contributed by atoms with van der Waals surface area (Å²) >= 11 is 0. The molecule has 3 aromatic heterocycles. The second kappa shape index (κ2) is 11.6. The van der Waals surface area contributed by atoms with E-state index in [4.69, 9.17) is 14.6 Å². The molecule has 4 N–H and O–H groups in total. The first-order chi connectivity index (χ1) is 16.9. The van der Waals surface area contributed by atoms with E-state index in [0.29, 0.717) is 18.0 Å². The maximum absolute atomic E-state index is 14.8. The number of aromatic nitrogens is 5. The van der Waals surface area contributed by atoms with Crippen LogP contribution in [-0.2, 0) is 4.74 Å². The summed E-state index contributed by atoms with van der Waals surface area (Å²) in [4.78, 5) is 20.8. The molecule has 3 rings (SSSR count). The van der Waals surface area contributed by atoms with Gasteiger partial charge in [0.05, 0.1) is 55.6 Å². The smallest absolute Gasteiger partial charge is 0.404 e. The number of ether oxygens (including phenoxy) is 2. The molecule has 0 aliphatic heterocycles. The van der Waals surface area contributed by atoms with Crippen LogP contribution in [0, 0.1) is 17.1 Å². The van der Waals surface area contributed by atoms with Crippen LogP contribution < -0.4 is 20.7 Å². The fourth-order valence-electron chi connectivity index (χ4n) is 3.08. The van der Waals surface area contributed by atoms with Gasteiger partial charge in [-0.15, -0.1) is 4.80 Å². The van der Waals surface area contributed by atoms with Gasteiger partial charge in [-0.05, 0) is 26.0 Å². The van der Waals surface area contributed by atoms with Crippen LogP contribution in [0.3, 0.4) is 0 Å². The summed E-state index contributed by atoms with van der Waals surface area (Å²) in [5.74, 6) is -0.659. The minimum atomic E-state index is -1.23. The predicted octanol–water partition coefficient (Wildman–Crippen LogP) is 2.29. The Balaban J connectivity index is 1.93. The molecule has 0 aliphatic carbocycles. The van der Waals surface area contributed by atoms with Crippen LogP contribution in [0.1, 0.15) is 19.4 Å². The van der Waals surface area contributed by atoms with Crippen molar-refractivity contribution in [2.24, 2.45) is 0 Å². The van der Waals surface area contributed by atoms with Crippen molar-refractivity contribution in [2.45, 2.75) is 25.9 Å². The highest BCUT2D eigenvalue weighted by atomic mass is 19.1. The van der Waals surface area contributed by atoms with Gasteiger partial charge in [0.2, 0.25) is 5.88 Å². The number of rotatable bonds is 11. The van der Waals surface area contributed by atoms with E-state index in [-0.39, 0.29) is 29.7 Å². The Labute approximate surface area is 199 Å². The standard InChI is InChI=1S/C21H24FN9O4/c1-4-35-11-16(12(2)27-21(32)33)29-19-15(22)7-13(9-23)18(30-19)28-14-8-17(20(34-3)24-10-14)31-25-5-6-26-31/h5-8,10,12,16,27H,4,11H2,1-3H3,(H,32,33)(H2,28,29,30)/t12-,16+/m0/s1. The third-order valence-corrected chi connectivity index (χ3v) is 4.80. The maximum atomic E-state index is 14.8. The number of carboxylic acid groups (broad SMARTS) is 1. The molecule has 2 atom stereocenters. The molecule has 0 unspecified atom stereocenters. The molecule has 184 valence electrons. The zero-order valence-electron chi connectivity index (χ0n) is 19.2. The Morgan fingerprint density at radius 3 is 2.69 bits per heavy atom. The van der Waals surface area contributed by atoms with E-state index in [2.05, 4.69) is 36.1 Å².